The van der Waals surface area contributed by atoms with Crippen molar-refractivity contribution in [1.82, 2.24) is 10.2 Å². The Morgan fingerprint density at radius 1 is 1.07 bits per heavy atom. The molecule has 1 aliphatic heterocycles. The highest BCUT2D eigenvalue weighted by atomic mass is 35.5. The molecule has 5 nitrogen and oxygen atoms in total. The molecule has 0 bridgehead atoms. The van der Waals surface area contributed by atoms with Crippen molar-refractivity contribution in [3.8, 4) is 17.2 Å². The highest BCUT2D eigenvalue weighted by molar-refractivity contribution is 6.37. The largest absolute Gasteiger partial charge is 0.484 e. The Morgan fingerprint density at radius 3 is 2.31 bits per heavy atom. The average Bonchev–Trinajstić information content (AvgIpc) is 2.69. The maximum Gasteiger partial charge on any atom is 0.416 e. The van der Waals surface area contributed by atoms with Gasteiger partial charge in [0.1, 0.15) is 11.5 Å². The van der Waals surface area contributed by atoms with E-state index in [-0.39, 0.29) is 34.1 Å². The maximum atomic E-state index is 12.8. The molecule has 0 radical (unpaired) electrons. The summed E-state index contributed by atoms with van der Waals surface area (Å²) >= 11 is 11.8. The fourth-order valence-electron chi connectivity index (χ4n) is 2.72. The van der Waals surface area contributed by atoms with Gasteiger partial charge in [-0.2, -0.15) is 13.2 Å². The van der Waals surface area contributed by atoms with E-state index in [1.165, 1.54) is 6.07 Å². The van der Waals surface area contributed by atoms with Gasteiger partial charge in [0, 0.05) is 32.2 Å². The average molecular weight is 449 g/mol. The van der Waals surface area contributed by atoms with E-state index >= 15 is 0 Å². The standard InChI is InChI=1S/C19H17Cl2F3N2O3/c20-15-8-12(19(22,23)24)9-16(21)18(15)29-14-3-1-2-13(10-14)28-11-17(27)26-6-4-25-5-7-26/h1-3,8-10,25H,4-7,11H2. The second-order valence-corrected chi connectivity index (χ2v) is 7.08. The SMILES string of the molecule is O=C(COc1cccc(Oc2c(Cl)cc(C(F)(F)F)cc2Cl)c1)N1CCNCC1. The third kappa shape index (κ3) is 5.68. The number of hydrogen-bond acceptors (Lipinski definition) is 4. The summed E-state index contributed by atoms with van der Waals surface area (Å²) in [6.45, 7) is 2.59. The smallest absolute Gasteiger partial charge is 0.416 e. The molecule has 0 aromatic heterocycles. The minimum Gasteiger partial charge on any atom is -0.484 e. The summed E-state index contributed by atoms with van der Waals surface area (Å²) in [7, 11) is 0. The van der Waals surface area contributed by atoms with Crippen molar-refractivity contribution in [2.75, 3.05) is 32.8 Å². The van der Waals surface area contributed by atoms with Gasteiger partial charge in [0.25, 0.3) is 5.91 Å². The fraction of sp³-hybridized carbons (Fsp3) is 0.316. The van der Waals surface area contributed by atoms with E-state index in [0.717, 1.165) is 25.2 Å². The Morgan fingerprint density at radius 2 is 1.69 bits per heavy atom. The first-order chi connectivity index (χ1) is 13.7. The van der Waals surface area contributed by atoms with Crippen molar-refractivity contribution in [2.45, 2.75) is 6.18 Å². The lowest BCUT2D eigenvalue weighted by Gasteiger charge is -2.27. The van der Waals surface area contributed by atoms with E-state index in [9.17, 15) is 18.0 Å². The zero-order valence-electron chi connectivity index (χ0n) is 15.1. The molecule has 1 saturated heterocycles. The molecule has 1 heterocycles. The van der Waals surface area contributed by atoms with Crippen molar-refractivity contribution in [3.63, 3.8) is 0 Å². The number of piperazine rings is 1. The van der Waals surface area contributed by atoms with E-state index in [1.54, 1.807) is 23.1 Å². The highest BCUT2D eigenvalue weighted by Crippen LogP contribution is 2.42. The molecule has 1 amide bonds. The van der Waals surface area contributed by atoms with Crippen LogP contribution in [0.5, 0.6) is 17.2 Å². The number of alkyl halides is 3. The van der Waals surface area contributed by atoms with Crippen LogP contribution in [0.4, 0.5) is 13.2 Å². The lowest BCUT2D eigenvalue weighted by atomic mass is 10.2. The predicted molar refractivity (Wildman–Crippen MR) is 103 cm³/mol. The third-order valence-corrected chi connectivity index (χ3v) is 4.74. The summed E-state index contributed by atoms with van der Waals surface area (Å²) in [4.78, 5) is 13.9. The molecule has 1 aliphatic rings. The molecular weight excluding hydrogens is 432 g/mol. The van der Waals surface area contributed by atoms with Gasteiger partial charge in [0.15, 0.2) is 12.4 Å². The van der Waals surface area contributed by atoms with Gasteiger partial charge >= 0.3 is 6.18 Å². The van der Waals surface area contributed by atoms with Crippen LogP contribution in [0.25, 0.3) is 0 Å². The highest BCUT2D eigenvalue weighted by Gasteiger charge is 2.32. The number of halogens is 5. The molecule has 0 unspecified atom stereocenters. The molecule has 2 aromatic rings. The summed E-state index contributed by atoms with van der Waals surface area (Å²) in [5.74, 6) is 0.382. The quantitative estimate of drug-likeness (QED) is 0.725. The Balaban J connectivity index is 1.68. The van der Waals surface area contributed by atoms with Gasteiger partial charge in [-0.25, -0.2) is 0 Å². The first-order valence-corrected chi connectivity index (χ1v) is 9.45. The van der Waals surface area contributed by atoms with E-state index in [4.69, 9.17) is 32.7 Å². The van der Waals surface area contributed by atoms with Crippen molar-refractivity contribution >= 4 is 29.1 Å². The molecule has 1 fully saturated rings. The molecule has 2 aromatic carbocycles. The van der Waals surface area contributed by atoms with E-state index < -0.39 is 11.7 Å². The first-order valence-electron chi connectivity index (χ1n) is 8.69. The van der Waals surface area contributed by atoms with Gasteiger partial charge in [0.2, 0.25) is 0 Å². The number of carbonyl (C=O) groups excluding carboxylic acids is 1. The van der Waals surface area contributed by atoms with Gasteiger partial charge in [-0.15, -0.1) is 0 Å². The van der Waals surface area contributed by atoms with Crippen LogP contribution in [0.15, 0.2) is 36.4 Å². The Labute approximate surface area is 175 Å². The van der Waals surface area contributed by atoms with Gasteiger partial charge in [-0.05, 0) is 24.3 Å². The van der Waals surface area contributed by atoms with Crippen molar-refractivity contribution in [2.24, 2.45) is 0 Å². The molecule has 1 N–H and O–H groups in total. The number of amides is 1. The number of rotatable bonds is 5. The Hall–Kier alpha value is -2.16. The zero-order valence-corrected chi connectivity index (χ0v) is 16.6. The van der Waals surface area contributed by atoms with E-state index in [2.05, 4.69) is 5.32 Å². The van der Waals surface area contributed by atoms with Crippen LogP contribution in [0.1, 0.15) is 5.56 Å². The number of carbonyl (C=O) groups is 1. The molecule has 156 valence electrons. The molecule has 0 saturated carbocycles. The van der Waals surface area contributed by atoms with Crippen molar-refractivity contribution < 1.29 is 27.4 Å². The van der Waals surface area contributed by atoms with Gasteiger partial charge < -0.3 is 19.7 Å². The van der Waals surface area contributed by atoms with Gasteiger partial charge in [0.05, 0.1) is 15.6 Å². The summed E-state index contributed by atoms with van der Waals surface area (Å²) in [5.41, 5.74) is -0.969. The molecule has 0 atom stereocenters. The molecule has 0 aliphatic carbocycles. The minimum absolute atomic E-state index is 0.102. The number of hydrogen-bond donors (Lipinski definition) is 1. The molecule has 0 spiro atoms. The van der Waals surface area contributed by atoms with Crippen LogP contribution >= 0.6 is 23.2 Å². The van der Waals surface area contributed by atoms with Crippen LogP contribution in [-0.4, -0.2) is 43.6 Å². The topological polar surface area (TPSA) is 50.8 Å². The summed E-state index contributed by atoms with van der Waals surface area (Å²) < 4.78 is 49.6. The fourth-order valence-corrected chi connectivity index (χ4v) is 3.28. The second-order valence-electron chi connectivity index (χ2n) is 6.26. The molecule has 3 rings (SSSR count). The number of nitrogens with zero attached hydrogens (tertiary/aromatic N) is 1. The normalized spacial score (nSPS) is 14.6. The van der Waals surface area contributed by atoms with E-state index in [1.807, 2.05) is 0 Å². The van der Waals surface area contributed by atoms with Crippen LogP contribution in [0.2, 0.25) is 10.0 Å². The summed E-state index contributed by atoms with van der Waals surface area (Å²) in [5, 5.41) is 2.61. The number of ether oxygens (including phenoxy) is 2. The molecule has 29 heavy (non-hydrogen) atoms. The van der Waals surface area contributed by atoms with Crippen LogP contribution < -0.4 is 14.8 Å². The monoisotopic (exact) mass is 448 g/mol. The lowest BCUT2D eigenvalue weighted by Crippen LogP contribution is -2.47. The van der Waals surface area contributed by atoms with E-state index in [0.29, 0.717) is 18.8 Å². The Kier molecular flexibility index (Phi) is 6.77. The third-order valence-electron chi connectivity index (χ3n) is 4.18. The lowest BCUT2D eigenvalue weighted by molar-refractivity contribution is -0.137. The van der Waals surface area contributed by atoms with Crippen molar-refractivity contribution in [3.05, 3.63) is 52.0 Å². The van der Waals surface area contributed by atoms with Crippen LogP contribution in [-0.2, 0) is 11.0 Å². The maximum absolute atomic E-state index is 12.8. The number of nitrogens with one attached hydrogen (secondary N) is 1. The molecular formula is C19H17Cl2F3N2O3. The first kappa shape index (κ1) is 21.5. The predicted octanol–water partition coefficient (Wildman–Crippen LogP) is 4.62. The second kappa shape index (κ2) is 9.11. The van der Waals surface area contributed by atoms with Crippen molar-refractivity contribution in [1.29, 1.82) is 0 Å². The van der Waals surface area contributed by atoms with Crippen LogP contribution in [0.3, 0.4) is 0 Å². The summed E-state index contributed by atoms with van der Waals surface area (Å²) in [6.07, 6.45) is -4.57. The summed E-state index contributed by atoms with van der Waals surface area (Å²) in [6, 6.07) is 7.80. The van der Waals surface area contributed by atoms with Crippen LogP contribution in [0, 0.1) is 0 Å². The Bertz CT molecular complexity index is 864. The molecule has 10 heteroatoms. The minimum atomic E-state index is -4.57. The van der Waals surface area contributed by atoms with Gasteiger partial charge in [-0.3, -0.25) is 4.79 Å². The van der Waals surface area contributed by atoms with Gasteiger partial charge in [-0.1, -0.05) is 29.3 Å². The number of benzene rings is 2. The zero-order chi connectivity index (χ0) is 21.0.